The van der Waals surface area contributed by atoms with E-state index in [2.05, 4.69) is 54.3 Å². The van der Waals surface area contributed by atoms with E-state index in [-0.39, 0.29) is 6.04 Å². The fourth-order valence-corrected chi connectivity index (χ4v) is 3.43. The Morgan fingerprint density at radius 3 is 2.52 bits per heavy atom. The van der Waals surface area contributed by atoms with Crippen molar-refractivity contribution in [1.29, 1.82) is 0 Å². The number of pyridine rings is 1. The predicted octanol–water partition coefficient (Wildman–Crippen LogP) is 4.46. The quantitative estimate of drug-likeness (QED) is 0.788. The summed E-state index contributed by atoms with van der Waals surface area (Å²) in [5.41, 5.74) is 2.13. The second-order valence-corrected chi connectivity index (χ2v) is 6.90. The maximum absolute atomic E-state index is 5.79. The van der Waals surface area contributed by atoms with Crippen LogP contribution in [0, 0.1) is 0 Å². The second kappa shape index (κ2) is 6.46. The summed E-state index contributed by atoms with van der Waals surface area (Å²) in [5.74, 6) is 0.943. The Bertz CT molecular complexity index is 627. The summed E-state index contributed by atoms with van der Waals surface area (Å²) >= 11 is 7.02. The standard InChI is InChI=1S/C16H16Br2N2O/c1-19-15(16-14(18)8-11(17)9-20-16)10-2-4-12(5-3-10)21-13-6-7-13/h2-5,8-9,13,15,19H,6-7H2,1H3. The second-order valence-electron chi connectivity index (χ2n) is 5.13. The molecule has 0 bridgehead atoms. The van der Waals surface area contributed by atoms with E-state index in [1.165, 1.54) is 12.8 Å². The number of hydrogen-bond donors (Lipinski definition) is 1. The molecule has 2 aromatic rings. The van der Waals surface area contributed by atoms with Crippen molar-refractivity contribution in [1.82, 2.24) is 10.3 Å². The number of ether oxygens (including phenoxy) is 1. The van der Waals surface area contributed by atoms with Gasteiger partial charge in [0.15, 0.2) is 0 Å². The molecule has 1 heterocycles. The van der Waals surface area contributed by atoms with Crippen LogP contribution in [0.25, 0.3) is 0 Å². The molecule has 1 aromatic heterocycles. The Morgan fingerprint density at radius 2 is 1.95 bits per heavy atom. The van der Waals surface area contributed by atoms with Crippen molar-refractivity contribution < 1.29 is 4.74 Å². The van der Waals surface area contributed by atoms with E-state index in [0.29, 0.717) is 6.10 Å². The third-order valence-electron chi connectivity index (χ3n) is 3.44. The van der Waals surface area contributed by atoms with Crippen molar-refractivity contribution in [3.05, 3.63) is 56.7 Å². The number of hydrogen-bond acceptors (Lipinski definition) is 3. The first-order valence-corrected chi connectivity index (χ1v) is 8.51. The topological polar surface area (TPSA) is 34.1 Å². The highest BCUT2D eigenvalue weighted by Crippen LogP contribution is 2.31. The molecular formula is C16H16Br2N2O. The molecule has 21 heavy (non-hydrogen) atoms. The van der Waals surface area contributed by atoms with Crippen LogP contribution < -0.4 is 10.1 Å². The van der Waals surface area contributed by atoms with E-state index >= 15 is 0 Å². The Morgan fingerprint density at radius 1 is 1.24 bits per heavy atom. The van der Waals surface area contributed by atoms with E-state index in [9.17, 15) is 0 Å². The van der Waals surface area contributed by atoms with Crippen molar-refractivity contribution in [2.24, 2.45) is 0 Å². The minimum atomic E-state index is 0.0439. The molecule has 1 saturated carbocycles. The molecule has 1 aliphatic rings. The summed E-state index contributed by atoms with van der Waals surface area (Å²) in [6.45, 7) is 0. The molecule has 0 aliphatic heterocycles. The fourth-order valence-electron chi connectivity index (χ4n) is 2.22. The highest BCUT2D eigenvalue weighted by molar-refractivity contribution is 9.11. The van der Waals surface area contributed by atoms with Crippen LogP contribution in [0.5, 0.6) is 5.75 Å². The molecule has 1 N–H and O–H groups in total. The summed E-state index contributed by atoms with van der Waals surface area (Å²) in [4.78, 5) is 4.52. The van der Waals surface area contributed by atoms with Crippen LogP contribution in [0.15, 0.2) is 45.5 Å². The monoisotopic (exact) mass is 410 g/mol. The molecule has 3 rings (SSSR count). The summed E-state index contributed by atoms with van der Waals surface area (Å²) in [6.07, 6.45) is 4.60. The lowest BCUT2D eigenvalue weighted by Gasteiger charge is -2.18. The average molecular weight is 412 g/mol. The molecule has 110 valence electrons. The van der Waals surface area contributed by atoms with Crippen LogP contribution in [-0.2, 0) is 0 Å². The Balaban J connectivity index is 1.84. The van der Waals surface area contributed by atoms with Gasteiger partial charge in [0.05, 0.1) is 17.8 Å². The Labute approximate surface area is 141 Å². The van der Waals surface area contributed by atoms with Crippen LogP contribution in [0.1, 0.15) is 30.1 Å². The Kier molecular flexibility index (Phi) is 4.62. The van der Waals surface area contributed by atoms with Crippen molar-refractivity contribution in [3.8, 4) is 5.75 Å². The van der Waals surface area contributed by atoms with Gasteiger partial charge in [0.25, 0.3) is 0 Å². The van der Waals surface area contributed by atoms with Gasteiger partial charge in [-0.1, -0.05) is 12.1 Å². The molecule has 5 heteroatoms. The number of aromatic nitrogens is 1. The van der Waals surface area contributed by atoms with E-state index in [4.69, 9.17) is 4.74 Å². The lowest BCUT2D eigenvalue weighted by Crippen LogP contribution is -2.19. The molecule has 0 saturated heterocycles. The molecule has 1 unspecified atom stereocenters. The van der Waals surface area contributed by atoms with Gasteiger partial charge >= 0.3 is 0 Å². The molecular weight excluding hydrogens is 396 g/mol. The number of nitrogens with one attached hydrogen (secondary N) is 1. The average Bonchev–Trinajstić information content (AvgIpc) is 3.27. The zero-order valence-electron chi connectivity index (χ0n) is 11.6. The van der Waals surface area contributed by atoms with Crippen LogP contribution in [-0.4, -0.2) is 18.1 Å². The smallest absolute Gasteiger partial charge is 0.119 e. The zero-order chi connectivity index (χ0) is 14.8. The number of benzene rings is 1. The summed E-state index contributed by atoms with van der Waals surface area (Å²) in [5, 5.41) is 3.32. The van der Waals surface area contributed by atoms with Crippen LogP contribution in [0.4, 0.5) is 0 Å². The zero-order valence-corrected chi connectivity index (χ0v) is 14.8. The minimum absolute atomic E-state index is 0.0439. The molecule has 3 nitrogen and oxygen atoms in total. The largest absolute Gasteiger partial charge is 0.490 e. The molecule has 1 atom stereocenters. The number of rotatable bonds is 5. The SMILES string of the molecule is CNC(c1ccc(OC2CC2)cc1)c1ncc(Br)cc1Br. The van der Waals surface area contributed by atoms with Gasteiger partial charge in [0, 0.05) is 15.1 Å². The molecule has 1 aromatic carbocycles. The van der Waals surface area contributed by atoms with Gasteiger partial charge in [-0.05, 0) is 75.5 Å². The maximum atomic E-state index is 5.79. The van der Waals surface area contributed by atoms with E-state index in [1.807, 2.05) is 31.4 Å². The summed E-state index contributed by atoms with van der Waals surface area (Å²) < 4.78 is 7.73. The van der Waals surface area contributed by atoms with Crippen LogP contribution >= 0.6 is 31.9 Å². The lowest BCUT2D eigenvalue weighted by atomic mass is 10.0. The van der Waals surface area contributed by atoms with Gasteiger partial charge in [-0.25, -0.2) is 0 Å². The van der Waals surface area contributed by atoms with Gasteiger partial charge in [-0.2, -0.15) is 0 Å². The maximum Gasteiger partial charge on any atom is 0.119 e. The molecule has 1 aliphatic carbocycles. The highest BCUT2D eigenvalue weighted by atomic mass is 79.9. The summed E-state index contributed by atoms with van der Waals surface area (Å²) in [7, 11) is 1.94. The minimum Gasteiger partial charge on any atom is -0.490 e. The highest BCUT2D eigenvalue weighted by Gasteiger charge is 2.23. The van der Waals surface area contributed by atoms with E-state index in [0.717, 1.165) is 26.0 Å². The first-order valence-electron chi connectivity index (χ1n) is 6.92. The Hall–Kier alpha value is -0.910. The van der Waals surface area contributed by atoms with Gasteiger partial charge in [0.2, 0.25) is 0 Å². The van der Waals surface area contributed by atoms with Crippen molar-refractivity contribution in [3.63, 3.8) is 0 Å². The lowest BCUT2D eigenvalue weighted by molar-refractivity contribution is 0.303. The van der Waals surface area contributed by atoms with Gasteiger partial charge in [0.1, 0.15) is 5.75 Å². The normalized spacial score (nSPS) is 15.8. The van der Waals surface area contributed by atoms with Gasteiger partial charge in [-0.15, -0.1) is 0 Å². The molecule has 1 fully saturated rings. The molecule has 0 spiro atoms. The number of halogens is 2. The third-order valence-corrected chi connectivity index (χ3v) is 4.51. The van der Waals surface area contributed by atoms with Crippen molar-refractivity contribution >= 4 is 31.9 Å². The first kappa shape index (κ1) is 15.0. The molecule has 0 radical (unpaired) electrons. The fraction of sp³-hybridized carbons (Fsp3) is 0.312. The van der Waals surface area contributed by atoms with Gasteiger partial charge < -0.3 is 10.1 Å². The van der Waals surface area contributed by atoms with E-state index < -0.39 is 0 Å². The van der Waals surface area contributed by atoms with Gasteiger partial charge in [-0.3, -0.25) is 4.98 Å². The van der Waals surface area contributed by atoms with Crippen LogP contribution in [0.3, 0.4) is 0 Å². The van der Waals surface area contributed by atoms with Crippen molar-refractivity contribution in [2.75, 3.05) is 7.05 Å². The van der Waals surface area contributed by atoms with Crippen LogP contribution in [0.2, 0.25) is 0 Å². The third kappa shape index (κ3) is 3.65. The van der Waals surface area contributed by atoms with Crippen molar-refractivity contribution in [2.45, 2.75) is 25.0 Å². The van der Waals surface area contributed by atoms with E-state index in [1.54, 1.807) is 0 Å². The predicted molar refractivity (Wildman–Crippen MR) is 90.6 cm³/mol. The molecule has 0 amide bonds. The first-order chi connectivity index (χ1) is 10.2. The number of nitrogens with zero attached hydrogens (tertiary/aromatic N) is 1. The summed E-state index contributed by atoms with van der Waals surface area (Å²) in [6, 6.07) is 10.3.